The second kappa shape index (κ2) is 16.2. The van der Waals surface area contributed by atoms with Crippen LogP contribution in [-0.2, 0) is 0 Å². The quantitative estimate of drug-likeness (QED) is 0.172. The van der Waals surface area contributed by atoms with Crippen molar-refractivity contribution in [1.29, 1.82) is 10.5 Å². The van der Waals surface area contributed by atoms with Crippen molar-refractivity contribution in [2.24, 2.45) is 0 Å². The third-order valence-corrected chi connectivity index (χ3v) is 16.6. The van der Waals surface area contributed by atoms with Gasteiger partial charge in [-0.25, -0.2) is 0 Å². The minimum atomic E-state index is 0.377. The summed E-state index contributed by atoms with van der Waals surface area (Å²) in [6.45, 7) is 0. The minimum Gasteiger partial charge on any atom is -0.454 e. The van der Waals surface area contributed by atoms with E-state index < -0.39 is 0 Å². The molecule has 7 heteroatoms. The van der Waals surface area contributed by atoms with Crippen LogP contribution in [0.5, 0.6) is 0 Å². The zero-order valence-corrected chi connectivity index (χ0v) is 42.2. The van der Waals surface area contributed by atoms with Gasteiger partial charge in [0.15, 0.2) is 5.58 Å². The summed E-state index contributed by atoms with van der Waals surface area (Å²) in [7, 11) is 0. The molecule has 0 saturated heterocycles. The van der Waals surface area contributed by atoms with Crippen LogP contribution in [0.15, 0.2) is 247 Å². The molecule has 0 unspecified atom stereocenters. The van der Waals surface area contributed by atoms with Gasteiger partial charge >= 0.3 is 0 Å². The van der Waals surface area contributed by atoms with E-state index in [9.17, 15) is 10.5 Å². The molecule has 0 amide bonds. The summed E-state index contributed by atoms with van der Waals surface area (Å²) in [5, 5.41) is 38.0. The topological polar surface area (TPSA) is 80.4 Å². The molecule has 0 bridgehead atoms. The van der Waals surface area contributed by atoms with Gasteiger partial charge in [-0.2, -0.15) is 10.5 Å². The Morgan fingerprint density at radius 1 is 0.278 bits per heavy atom. The smallest absolute Gasteiger partial charge is 0.160 e. The molecule has 0 spiro atoms. The molecule has 364 valence electrons. The van der Waals surface area contributed by atoms with Crippen molar-refractivity contribution in [1.82, 2.24) is 18.3 Å². The summed E-state index contributed by atoms with van der Waals surface area (Å²) in [6.07, 6.45) is 0. The molecule has 0 fully saturated rings. The van der Waals surface area contributed by atoms with Crippen molar-refractivity contribution in [3.8, 4) is 46.0 Å². The molecule has 5 aromatic heterocycles. The molecule has 17 rings (SSSR count). The van der Waals surface area contributed by atoms with Crippen LogP contribution in [0.1, 0.15) is 11.1 Å². The molecule has 0 atom stereocenters. The van der Waals surface area contributed by atoms with E-state index in [4.69, 9.17) is 4.42 Å². The fraction of sp³-hybridized carbons (Fsp3) is 0. The van der Waals surface area contributed by atoms with E-state index in [1.165, 1.54) is 0 Å². The number of aromatic nitrogens is 4. The Balaban J connectivity index is 1.20. The zero-order valence-electron chi connectivity index (χ0n) is 42.2. The Hall–Kier alpha value is -11.1. The molecule has 0 N–H and O–H groups in total. The van der Waals surface area contributed by atoms with Crippen molar-refractivity contribution in [2.75, 3.05) is 0 Å². The molecule has 0 radical (unpaired) electrons. The van der Waals surface area contributed by atoms with Crippen LogP contribution in [0.25, 0.3) is 154 Å². The Labute approximate surface area is 450 Å². The molecule has 0 aliphatic carbocycles. The van der Waals surface area contributed by atoms with Crippen molar-refractivity contribution in [3.63, 3.8) is 0 Å². The second-order valence-electron chi connectivity index (χ2n) is 20.5. The summed E-state index contributed by atoms with van der Waals surface area (Å²) in [5.41, 5.74) is 13.7. The molecular weight excluding hydrogens is 965 g/mol. The van der Waals surface area contributed by atoms with Gasteiger partial charge in [-0.15, -0.1) is 0 Å². The summed E-state index contributed by atoms with van der Waals surface area (Å²) >= 11 is 0. The standard InChI is InChI=1S/C72H40N6O/c73-41-56-67(75-58-31-10-3-22-46(58)47-23-4-11-32-59(47)75)68(76-60-33-12-5-24-48(60)49-25-6-13-34-61(49)76)57(42-74)70(69(56)77-62-35-14-7-26-50(62)51-27-8-15-36-63(51)77)78-64-37-18-30-53(45-29-17-20-43-19-1-2-21-44(43)45)66(64)55-40-39-54-52-28-9-16-38-65(52)79-72(54)71(55)78/h1-40H. The number of benzene rings is 12. The number of rotatable bonds is 5. The van der Waals surface area contributed by atoms with Crippen LogP contribution in [0.4, 0.5) is 0 Å². The minimum absolute atomic E-state index is 0.377. The Bertz CT molecular complexity index is 5440. The lowest BCUT2D eigenvalue weighted by atomic mass is 9.94. The van der Waals surface area contributed by atoms with Gasteiger partial charge in [-0.1, -0.05) is 188 Å². The van der Waals surface area contributed by atoms with E-state index in [0.29, 0.717) is 39.5 Å². The highest BCUT2D eigenvalue weighted by Crippen LogP contribution is 2.51. The van der Waals surface area contributed by atoms with E-state index in [2.05, 4.69) is 255 Å². The van der Waals surface area contributed by atoms with Crippen molar-refractivity contribution < 1.29 is 4.42 Å². The third kappa shape index (κ3) is 5.72. The molecule has 0 saturated carbocycles. The molecule has 7 nitrogen and oxygen atoms in total. The molecule has 0 aliphatic rings. The second-order valence-corrected chi connectivity index (χ2v) is 20.5. The maximum atomic E-state index is 12.9. The van der Waals surface area contributed by atoms with Crippen molar-refractivity contribution in [2.45, 2.75) is 0 Å². The van der Waals surface area contributed by atoms with Crippen molar-refractivity contribution >= 4 is 120 Å². The SMILES string of the molecule is N#Cc1c(-n2c3ccccc3c3ccccc32)c(-n2c3ccccc3c3ccccc32)c(C#N)c(-n2c3cccc(-c4cccc5ccccc45)c3c3ccc4c5ccccc5oc4c32)c1-n1c2ccccc2c2ccccc21. The number of para-hydroxylation sites is 7. The van der Waals surface area contributed by atoms with Crippen LogP contribution < -0.4 is 0 Å². The Morgan fingerprint density at radius 3 is 1.11 bits per heavy atom. The maximum Gasteiger partial charge on any atom is 0.160 e. The fourth-order valence-electron chi connectivity index (χ4n) is 13.5. The monoisotopic (exact) mass is 1000 g/mol. The van der Waals surface area contributed by atoms with Crippen LogP contribution in [-0.4, -0.2) is 18.3 Å². The summed E-state index contributed by atoms with van der Waals surface area (Å²) < 4.78 is 16.2. The van der Waals surface area contributed by atoms with E-state index in [1.807, 2.05) is 18.2 Å². The normalized spacial score (nSPS) is 12.0. The lowest BCUT2D eigenvalue weighted by Gasteiger charge is -2.27. The van der Waals surface area contributed by atoms with Gasteiger partial charge in [0.25, 0.3) is 0 Å². The van der Waals surface area contributed by atoms with Crippen LogP contribution in [0, 0.1) is 22.7 Å². The number of hydrogen-bond donors (Lipinski definition) is 0. The van der Waals surface area contributed by atoms with E-state index in [0.717, 1.165) is 125 Å². The largest absolute Gasteiger partial charge is 0.454 e. The molecule has 17 aromatic rings. The average Bonchev–Trinajstić information content (AvgIpc) is 3.75. The lowest BCUT2D eigenvalue weighted by Crippen LogP contribution is -2.16. The summed E-state index contributed by atoms with van der Waals surface area (Å²) in [5.74, 6) is 0. The predicted molar refractivity (Wildman–Crippen MR) is 323 cm³/mol. The first-order valence-corrected chi connectivity index (χ1v) is 26.6. The van der Waals surface area contributed by atoms with Crippen molar-refractivity contribution in [3.05, 3.63) is 254 Å². The first-order valence-electron chi connectivity index (χ1n) is 26.6. The summed E-state index contributed by atoms with van der Waals surface area (Å²) in [6, 6.07) is 90.6. The Kier molecular flexibility index (Phi) is 8.85. The molecule has 5 heterocycles. The van der Waals surface area contributed by atoms with E-state index in [-0.39, 0.29) is 0 Å². The predicted octanol–water partition coefficient (Wildman–Crippen LogP) is 18.5. The van der Waals surface area contributed by atoms with Gasteiger partial charge in [0.05, 0.1) is 66.9 Å². The van der Waals surface area contributed by atoms with Gasteiger partial charge in [0.2, 0.25) is 0 Å². The molecule has 0 aliphatic heterocycles. The number of nitriles is 2. The van der Waals surface area contributed by atoms with E-state index in [1.54, 1.807) is 0 Å². The fourth-order valence-corrected chi connectivity index (χ4v) is 13.5. The highest BCUT2D eigenvalue weighted by molar-refractivity contribution is 6.26. The van der Waals surface area contributed by atoms with Crippen LogP contribution in [0.2, 0.25) is 0 Å². The third-order valence-electron chi connectivity index (χ3n) is 16.6. The van der Waals surface area contributed by atoms with Gasteiger partial charge in [0, 0.05) is 53.9 Å². The van der Waals surface area contributed by atoms with E-state index >= 15 is 0 Å². The number of furan rings is 1. The van der Waals surface area contributed by atoms with Gasteiger partial charge in [-0.3, -0.25) is 0 Å². The maximum absolute atomic E-state index is 12.9. The molecular formula is C72H40N6O. The Morgan fingerprint density at radius 2 is 0.633 bits per heavy atom. The average molecular weight is 1010 g/mol. The van der Waals surface area contributed by atoms with Gasteiger partial charge in [-0.05, 0) is 76.5 Å². The zero-order chi connectivity index (χ0) is 52.0. The lowest BCUT2D eigenvalue weighted by molar-refractivity contribution is 0.671. The number of nitrogens with zero attached hydrogens (tertiary/aromatic N) is 6. The van der Waals surface area contributed by atoms with Gasteiger partial charge in [0.1, 0.15) is 28.8 Å². The van der Waals surface area contributed by atoms with Crippen LogP contribution >= 0.6 is 0 Å². The number of fused-ring (bicyclic) bond motifs is 17. The molecule has 79 heavy (non-hydrogen) atoms. The highest BCUT2D eigenvalue weighted by Gasteiger charge is 2.35. The van der Waals surface area contributed by atoms with Gasteiger partial charge < -0.3 is 22.7 Å². The van der Waals surface area contributed by atoms with Crippen LogP contribution in [0.3, 0.4) is 0 Å². The highest BCUT2D eigenvalue weighted by atomic mass is 16.3. The first kappa shape index (κ1) is 43.2. The number of hydrogen-bond acceptors (Lipinski definition) is 3. The summed E-state index contributed by atoms with van der Waals surface area (Å²) in [4.78, 5) is 0. The first-order chi connectivity index (χ1) is 39.2. The molecule has 12 aromatic carbocycles.